The van der Waals surface area contributed by atoms with E-state index >= 15 is 0 Å². The van der Waals surface area contributed by atoms with Gasteiger partial charge in [0.1, 0.15) is 11.5 Å². The lowest BCUT2D eigenvalue weighted by Crippen LogP contribution is -1.97. The summed E-state index contributed by atoms with van der Waals surface area (Å²) >= 11 is 3.50. The third kappa shape index (κ3) is 6.24. The fraction of sp³-hybridized carbons (Fsp3) is 0.364. The molecule has 134 valence electrons. The van der Waals surface area contributed by atoms with E-state index in [1.54, 1.807) is 0 Å². The van der Waals surface area contributed by atoms with Gasteiger partial charge in [0.25, 0.3) is 0 Å². The number of unbranched alkanes of at least 4 members (excludes halogenated alkanes) is 2. The molecule has 0 heterocycles. The average molecular weight is 403 g/mol. The lowest BCUT2D eigenvalue weighted by Gasteiger charge is -2.11. The Hall–Kier alpha value is -1.74. The minimum atomic E-state index is 0.774. The Balaban J connectivity index is 2.03. The second-order valence-electron chi connectivity index (χ2n) is 5.98. The summed E-state index contributed by atoms with van der Waals surface area (Å²) in [5.74, 6) is 1.84. The Labute approximate surface area is 160 Å². The van der Waals surface area contributed by atoms with E-state index in [0.717, 1.165) is 67.1 Å². The number of halogens is 1. The highest BCUT2D eigenvalue weighted by molar-refractivity contribution is 9.11. The van der Waals surface area contributed by atoms with Crippen molar-refractivity contribution < 1.29 is 9.47 Å². The second-order valence-corrected chi connectivity index (χ2v) is 6.43. The molecule has 0 aromatic heterocycles. The first-order valence-corrected chi connectivity index (χ1v) is 9.97. The summed E-state index contributed by atoms with van der Waals surface area (Å²) in [5, 5.41) is 0. The van der Waals surface area contributed by atoms with Crippen LogP contribution < -0.4 is 9.47 Å². The van der Waals surface area contributed by atoms with Crippen LogP contribution in [0, 0.1) is 0 Å². The van der Waals surface area contributed by atoms with Crippen LogP contribution in [-0.4, -0.2) is 13.2 Å². The molecule has 0 amide bonds. The van der Waals surface area contributed by atoms with E-state index in [9.17, 15) is 0 Å². The van der Waals surface area contributed by atoms with Gasteiger partial charge in [-0.3, -0.25) is 0 Å². The number of benzene rings is 2. The van der Waals surface area contributed by atoms with Gasteiger partial charge in [-0.2, -0.15) is 0 Å². The number of rotatable bonds is 10. The normalized spacial score (nSPS) is 10.4. The first-order valence-electron chi connectivity index (χ1n) is 9.05. The van der Waals surface area contributed by atoms with Gasteiger partial charge in [0.15, 0.2) is 0 Å². The van der Waals surface area contributed by atoms with Gasteiger partial charge in [0.05, 0.1) is 13.2 Å². The van der Waals surface area contributed by atoms with Crippen molar-refractivity contribution in [1.82, 2.24) is 0 Å². The van der Waals surface area contributed by atoms with E-state index < -0.39 is 0 Å². The van der Waals surface area contributed by atoms with Gasteiger partial charge < -0.3 is 9.47 Å². The summed E-state index contributed by atoms with van der Waals surface area (Å²) < 4.78 is 11.5. The first kappa shape index (κ1) is 19.6. The Morgan fingerprint density at radius 3 is 1.48 bits per heavy atom. The highest BCUT2D eigenvalue weighted by Crippen LogP contribution is 2.28. The van der Waals surface area contributed by atoms with Gasteiger partial charge >= 0.3 is 0 Å². The quantitative estimate of drug-likeness (QED) is 0.405. The highest BCUT2D eigenvalue weighted by Gasteiger charge is 2.06. The maximum Gasteiger partial charge on any atom is 0.119 e. The van der Waals surface area contributed by atoms with Crippen molar-refractivity contribution in [3.05, 3.63) is 64.6 Å². The van der Waals surface area contributed by atoms with Crippen molar-refractivity contribution >= 4 is 21.5 Å². The van der Waals surface area contributed by atoms with E-state index in [2.05, 4.69) is 54.0 Å². The molecule has 0 saturated heterocycles. The smallest absolute Gasteiger partial charge is 0.119 e. The standard InChI is InChI=1S/C22H27BrO2/c1-3-5-15-24-20-11-7-18(8-12-20)22(17-23)19-9-13-21(14-10-19)25-16-6-4-2/h7-14,17H,3-6,15-16H2,1-2H3. The average Bonchev–Trinajstić information content (AvgIpc) is 2.65. The Bertz CT molecular complexity index is 589. The Morgan fingerprint density at radius 2 is 1.16 bits per heavy atom. The summed E-state index contributed by atoms with van der Waals surface area (Å²) in [6.07, 6.45) is 4.46. The van der Waals surface area contributed by atoms with E-state index in [1.165, 1.54) is 0 Å². The molecule has 0 aliphatic carbocycles. The predicted octanol–water partition coefficient (Wildman–Crippen LogP) is 6.83. The van der Waals surface area contributed by atoms with Gasteiger partial charge in [-0.25, -0.2) is 0 Å². The van der Waals surface area contributed by atoms with Crippen LogP contribution >= 0.6 is 15.9 Å². The van der Waals surface area contributed by atoms with Crippen LogP contribution in [-0.2, 0) is 0 Å². The van der Waals surface area contributed by atoms with Crippen LogP contribution in [0.4, 0.5) is 0 Å². The highest BCUT2D eigenvalue weighted by atomic mass is 79.9. The zero-order valence-corrected chi connectivity index (χ0v) is 16.7. The molecule has 0 unspecified atom stereocenters. The number of hydrogen-bond acceptors (Lipinski definition) is 2. The molecule has 2 nitrogen and oxygen atoms in total. The number of hydrogen-bond donors (Lipinski definition) is 0. The topological polar surface area (TPSA) is 18.5 Å². The van der Waals surface area contributed by atoms with Crippen LogP contribution in [0.5, 0.6) is 11.5 Å². The molecule has 0 fully saturated rings. The van der Waals surface area contributed by atoms with Gasteiger partial charge in [0, 0.05) is 0 Å². The van der Waals surface area contributed by atoms with Crippen LogP contribution in [0.2, 0.25) is 0 Å². The van der Waals surface area contributed by atoms with E-state index in [4.69, 9.17) is 9.47 Å². The monoisotopic (exact) mass is 402 g/mol. The van der Waals surface area contributed by atoms with Crippen LogP contribution in [0.15, 0.2) is 53.5 Å². The Kier molecular flexibility index (Phi) is 8.61. The minimum absolute atomic E-state index is 0.774. The predicted molar refractivity (Wildman–Crippen MR) is 110 cm³/mol. The molecule has 0 aliphatic heterocycles. The first-order chi connectivity index (χ1) is 12.3. The molecule has 0 atom stereocenters. The molecule has 3 heteroatoms. The summed E-state index contributed by atoms with van der Waals surface area (Å²) in [5.41, 5.74) is 3.44. The summed E-state index contributed by atoms with van der Waals surface area (Å²) in [4.78, 5) is 1.97. The largest absolute Gasteiger partial charge is 0.494 e. The van der Waals surface area contributed by atoms with E-state index in [1.807, 2.05) is 29.3 Å². The zero-order valence-electron chi connectivity index (χ0n) is 15.1. The van der Waals surface area contributed by atoms with Gasteiger partial charge in [-0.15, -0.1) is 0 Å². The molecule has 25 heavy (non-hydrogen) atoms. The molecule has 0 bridgehead atoms. The maximum atomic E-state index is 5.74. The molecule has 0 aliphatic rings. The van der Waals surface area contributed by atoms with Crippen molar-refractivity contribution in [2.45, 2.75) is 39.5 Å². The van der Waals surface area contributed by atoms with Crippen molar-refractivity contribution in [3.63, 3.8) is 0 Å². The number of ether oxygens (including phenoxy) is 2. The van der Waals surface area contributed by atoms with Crippen LogP contribution in [0.3, 0.4) is 0 Å². The van der Waals surface area contributed by atoms with Crippen molar-refractivity contribution in [2.24, 2.45) is 0 Å². The molecular weight excluding hydrogens is 376 g/mol. The lowest BCUT2D eigenvalue weighted by molar-refractivity contribution is 0.309. The Morgan fingerprint density at radius 1 is 0.760 bits per heavy atom. The van der Waals surface area contributed by atoms with Gasteiger partial charge in [-0.05, 0) is 58.8 Å². The van der Waals surface area contributed by atoms with Crippen LogP contribution in [0.1, 0.15) is 50.7 Å². The third-order valence-electron chi connectivity index (χ3n) is 3.97. The third-order valence-corrected chi connectivity index (χ3v) is 4.43. The second kappa shape index (κ2) is 11.0. The molecule has 2 aromatic rings. The zero-order chi connectivity index (χ0) is 17.9. The summed E-state index contributed by atoms with van der Waals surface area (Å²) in [6, 6.07) is 16.5. The van der Waals surface area contributed by atoms with Crippen molar-refractivity contribution in [3.8, 4) is 11.5 Å². The van der Waals surface area contributed by atoms with E-state index in [0.29, 0.717) is 0 Å². The summed E-state index contributed by atoms with van der Waals surface area (Å²) in [7, 11) is 0. The maximum absolute atomic E-state index is 5.74. The fourth-order valence-electron chi connectivity index (χ4n) is 2.42. The summed E-state index contributed by atoms with van der Waals surface area (Å²) in [6.45, 7) is 5.88. The molecule has 2 rings (SSSR count). The molecule has 0 N–H and O–H groups in total. The van der Waals surface area contributed by atoms with Gasteiger partial charge in [0.2, 0.25) is 0 Å². The van der Waals surface area contributed by atoms with Crippen molar-refractivity contribution in [2.75, 3.05) is 13.2 Å². The minimum Gasteiger partial charge on any atom is -0.494 e. The molecule has 0 spiro atoms. The van der Waals surface area contributed by atoms with Crippen LogP contribution in [0.25, 0.3) is 5.57 Å². The lowest BCUT2D eigenvalue weighted by atomic mass is 9.99. The van der Waals surface area contributed by atoms with Crippen molar-refractivity contribution in [1.29, 1.82) is 0 Å². The molecule has 2 aromatic carbocycles. The van der Waals surface area contributed by atoms with Gasteiger partial charge in [-0.1, -0.05) is 66.9 Å². The molecule has 0 radical (unpaired) electrons. The molecular formula is C22H27BrO2. The molecule has 0 saturated carbocycles. The van der Waals surface area contributed by atoms with E-state index in [-0.39, 0.29) is 0 Å². The SMILES string of the molecule is CCCCOc1ccc(C(=CBr)c2ccc(OCCCC)cc2)cc1. The fourth-order valence-corrected chi connectivity index (χ4v) is 2.95.